The lowest BCUT2D eigenvalue weighted by atomic mass is 9.72. The molecule has 4 nitrogen and oxygen atoms in total. The zero-order chi connectivity index (χ0) is 12.8. The first-order valence-corrected chi connectivity index (χ1v) is 6.36. The molecule has 1 N–H and O–H groups in total. The Kier molecular flexibility index (Phi) is 2.92. The van der Waals surface area contributed by atoms with Crippen LogP contribution in [0.1, 0.15) is 39.5 Å². The second-order valence-corrected chi connectivity index (χ2v) is 5.91. The molecule has 1 amide bonds. The van der Waals surface area contributed by atoms with Crippen molar-refractivity contribution in [1.29, 1.82) is 0 Å². The van der Waals surface area contributed by atoms with Crippen LogP contribution in [0.2, 0.25) is 0 Å². The molecule has 0 spiro atoms. The van der Waals surface area contributed by atoms with Gasteiger partial charge in [0.25, 0.3) is 0 Å². The maximum atomic E-state index is 12.2. The first-order valence-electron chi connectivity index (χ1n) is 6.36. The topological polar surface area (TPSA) is 57.6 Å². The normalized spacial score (nSPS) is 31.2. The van der Waals surface area contributed by atoms with Crippen molar-refractivity contribution in [1.82, 2.24) is 4.90 Å². The van der Waals surface area contributed by atoms with E-state index < -0.39 is 11.9 Å². The Hall–Kier alpha value is -1.06. The van der Waals surface area contributed by atoms with Crippen LogP contribution in [0.3, 0.4) is 0 Å². The van der Waals surface area contributed by atoms with Crippen LogP contribution in [0, 0.1) is 17.3 Å². The number of carboxylic acids is 1. The summed E-state index contributed by atoms with van der Waals surface area (Å²) in [6, 6.07) is 0.213. The number of hydrogen-bond donors (Lipinski definition) is 1. The lowest BCUT2D eigenvalue weighted by Crippen LogP contribution is -2.49. The third-order valence-corrected chi connectivity index (χ3v) is 4.88. The second-order valence-electron chi connectivity index (χ2n) is 5.91. The zero-order valence-electron chi connectivity index (χ0n) is 10.8. The van der Waals surface area contributed by atoms with E-state index in [1.807, 2.05) is 7.05 Å². The van der Waals surface area contributed by atoms with Crippen LogP contribution in [0.4, 0.5) is 0 Å². The van der Waals surface area contributed by atoms with E-state index in [0.717, 1.165) is 6.42 Å². The molecule has 2 fully saturated rings. The molecule has 2 aliphatic carbocycles. The van der Waals surface area contributed by atoms with Gasteiger partial charge in [0.2, 0.25) is 5.91 Å². The van der Waals surface area contributed by atoms with Gasteiger partial charge < -0.3 is 10.0 Å². The van der Waals surface area contributed by atoms with Crippen molar-refractivity contribution < 1.29 is 14.7 Å². The largest absolute Gasteiger partial charge is 0.481 e. The van der Waals surface area contributed by atoms with Gasteiger partial charge in [-0.1, -0.05) is 6.92 Å². The van der Waals surface area contributed by atoms with Gasteiger partial charge in [0.05, 0.1) is 11.8 Å². The first-order chi connectivity index (χ1) is 7.87. The molecule has 2 aliphatic rings. The van der Waals surface area contributed by atoms with Crippen LogP contribution in [0.25, 0.3) is 0 Å². The molecular formula is C13H21NO3. The van der Waals surface area contributed by atoms with Gasteiger partial charge >= 0.3 is 5.97 Å². The molecule has 4 heteroatoms. The summed E-state index contributed by atoms with van der Waals surface area (Å²) in [6.07, 6.45) is 3.70. The molecule has 0 aromatic rings. The Morgan fingerprint density at radius 2 is 1.82 bits per heavy atom. The number of carboxylic acid groups (broad SMARTS) is 1. The monoisotopic (exact) mass is 239 g/mol. The third kappa shape index (κ3) is 2.05. The predicted molar refractivity (Wildman–Crippen MR) is 63.4 cm³/mol. The average Bonchev–Trinajstić information content (AvgIpc) is 2.92. The highest BCUT2D eigenvalue weighted by Gasteiger charge is 2.48. The van der Waals surface area contributed by atoms with Crippen LogP contribution in [0.15, 0.2) is 0 Å². The predicted octanol–water partition coefficient (Wildman–Crippen LogP) is 1.74. The Morgan fingerprint density at radius 1 is 1.29 bits per heavy atom. The average molecular weight is 239 g/mol. The molecule has 2 saturated carbocycles. The van der Waals surface area contributed by atoms with E-state index >= 15 is 0 Å². The van der Waals surface area contributed by atoms with E-state index in [9.17, 15) is 9.59 Å². The van der Waals surface area contributed by atoms with Crippen LogP contribution < -0.4 is 0 Å². The maximum Gasteiger partial charge on any atom is 0.307 e. The summed E-state index contributed by atoms with van der Waals surface area (Å²) in [7, 11) is 1.81. The standard InChI is InChI=1S/C13H21NO3/c1-8(13(2)6-7-13)14(3)11(15)9-4-5-10(9)12(16)17/h8-10H,4-7H2,1-3H3,(H,16,17). The van der Waals surface area contributed by atoms with Gasteiger partial charge in [-0.15, -0.1) is 0 Å². The van der Waals surface area contributed by atoms with Gasteiger partial charge in [-0.3, -0.25) is 9.59 Å². The fraction of sp³-hybridized carbons (Fsp3) is 0.846. The minimum absolute atomic E-state index is 0.0178. The molecule has 2 rings (SSSR count). The molecule has 17 heavy (non-hydrogen) atoms. The molecule has 3 atom stereocenters. The third-order valence-electron chi connectivity index (χ3n) is 4.88. The van der Waals surface area contributed by atoms with Gasteiger partial charge in [-0.05, 0) is 38.0 Å². The number of carbonyl (C=O) groups excluding carboxylic acids is 1. The Bertz CT molecular complexity index is 349. The molecule has 0 heterocycles. The number of amides is 1. The van der Waals surface area contributed by atoms with Gasteiger partial charge in [-0.25, -0.2) is 0 Å². The number of rotatable bonds is 4. The maximum absolute atomic E-state index is 12.2. The van der Waals surface area contributed by atoms with Crippen molar-refractivity contribution in [2.75, 3.05) is 7.05 Å². The van der Waals surface area contributed by atoms with Crippen LogP contribution in [0.5, 0.6) is 0 Å². The van der Waals surface area contributed by atoms with Crippen molar-refractivity contribution >= 4 is 11.9 Å². The molecule has 0 saturated heterocycles. The number of hydrogen-bond acceptors (Lipinski definition) is 2. The fourth-order valence-electron chi connectivity index (χ4n) is 2.63. The van der Waals surface area contributed by atoms with Gasteiger partial charge in [0.1, 0.15) is 0 Å². The molecule has 96 valence electrons. The molecule has 3 unspecified atom stereocenters. The van der Waals surface area contributed by atoms with Crippen molar-refractivity contribution in [3.05, 3.63) is 0 Å². The van der Waals surface area contributed by atoms with E-state index in [1.165, 1.54) is 12.8 Å². The Labute approximate surface area is 102 Å². The molecular weight excluding hydrogens is 218 g/mol. The summed E-state index contributed by atoms with van der Waals surface area (Å²) in [5, 5.41) is 8.97. The highest BCUT2D eigenvalue weighted by atomic mass is 16.4. The Balaban J connectivity index is 1.98. The quantitative estimate of drug-likeness (QED) is 0.813. The van der Waals surface area contributed by atoms with Crippen molar-refractivity contribution in [2.45, 2.75) is 45.6 Å². The lowest BCUT2D eigenvalue weighted by Gasteiger charge is -2.38. The summed E-state index contributed by atoms with van der Waals surface area (Å²) < 4.78 is 0. The second kappa shape index (κ2) is 4.00. The molecule has 0 radical (unpaired) electrons. The van der Waals surface area contributed by atoms with Crippen molar-refractivity contribution in [3.63, 3.8) is 0 Å². The van der Waals surface area contributed by atoms with E-state index in [-0.39, 0.29) is 23.3 Å². The highest BCUT2D eigenvalue weighted by molar-refractivity contribution is 5.86. The van der Waals surface area contributed by atoms with E-state index in [0.29, 0.717) is 6.42 Å². The molecule has 0 aromatic heterocycles. The van der Waals surface area contributed by atoms with E-state index in [2.05, 4.69) is 13.8 Å². The van der Waals surface area contributed by atoms with Crippen LogP contribution in [-0.4, -0.2) is 35.0 Å². The van der Waals surface area contributed by atoms with Crippen molar-refractivity contribution in [3.8, 4) is 0 Å². The zero-order valence-corrected chi connectivity index (χ0v) is 10.8. The Morgan fingerprint density at radius 3 is 2.18 bits per heavy atom. The number of nitrogens with zero attached hydrogens (tertiary/aromatic N) is 1. The molecule has 0 bridgehead atoms. The van der Waals surface area contributed by atoms with Crippen molar-refractivity contribution in [2.24, 2.45) is 17.3 Å². The van der Waals surface area contributed by atoms with E-state index in [1.54, 1.807) is 4.90 Å². The SMILES string of the molecule is CC(N(C)C(=O)C1CCC1C(=O)O)C1(C)CC1. The first kappa shape index (κ1) is 12.4. The fourth-order valence-corrected chi connectivity index (χ4v) is 2.63. The highest BCUT2D eigenvalue weighted by Crippen LogP contribution is 2.50. The summed E-state index contributed by atoms with van der Waals surface area (Å²) in [5.74, 6) is -1.55. The summed E-state index contributed by atoms with van der Waals surface area (Å²) >= 11 is 0. The molecule has 0 aromatic carbocycles. The lowest BCUT2D eigenvalue weighted by molar-refractivity contribution is -0.157. The number of aliphatic carboxylic acids is 1. The minimum Gasteiger partial charge on any atom is -0.481 e. The van der Waals surface area contributed by atoms with Gasteiger partial charge in [-0.2, -0.15) is 0 Å². The number of carbonyl (C=O) groups is 2. The summed E-state index contributed by atoms with van der Waals surface area (Å²) in [4.78, 5) is 24.9. The van der Waals surface area contributed by atoms with Gasteiger partial charge in [0, 0.05) is 13.1 Å². The molecule has 0 aliphatic heterocycles. The van der Waals surface area contributed by atoms with Crippen LogP contribution in [-0.2, 0) is 9.59 Å². The summed E-state index contributed by atoms with van der Waals surface area (Å²) in [5.41, 5.74) is 0.257. The smallest absolute Gasteiger partial charge is 0.307 e. The van der Waals surface area contributed by atoms with Crippen LogP contribution >= 0.6 is 0 Å². The summed E-state index contributed by atoms with van der Waals surface area (Å²) in [6.45, 7) is 4.26. The van der Waals surface area contributed by atoms with E-state index in [4.69, 9.17) is 5.11 Å². The van der Waals surface area contributed by atoms with Gasteiger partial charge in [0.15, 0.2) is 0 Å². The minimum atomic E-state index is -0.826.